The summed E-state index contributed by atoms with van der Waals surface area (Å²) >= 11 is 3.22. The standard InChI is InChI=1S/C13H9BrClFO3S/c14-12-7-11(20(15,17)18)5-6-13(12)19-8-9-1-3-10(16)4-2-9/h1-7H,8H2. The molecule has 2 rings (SSSR count). The molecule has 0 aliphatic rings. The van der Waals surface area contributed by atoms with Crippen LogP contribution in [0.15, 0.2) is 51.8 Å². The first-order valence-electron chi connectivity index (χ1n) is 5.48. The quantitative estimate of drug-likeness (QED) is 0.751. The minimum atomic E-state index is -3.77. The zero-order chi connectivity index (χ0) is 14.8. The number of benzene rings is 2. The van der Waals surface area contributed by atoms with Crippen LogP contribution in [0.25, 0.3) is 0 Å². The molecule has 0 fully saturated rings. The van der Waals surface area contributed by atoms with Crippen molar-refractivity contribution in [2.75, 3.05) is 0 Å². The molecular formula is C13H9BrClFO3S. The molecule has 0 unspecified atom stereocenters. The minimum Gasteiger partial charge on any atom is -0.488 e. The fourth-order valence-electron chi connectivity index (χ4n) is 1.49. The Morgan fingerprint density at radius 3 is 2.35 bits per heavy atom. The highest BCUT2D eigenvalue weighted by Gasteiger charge is 2.12. The van der Waals surface area contributed by atoms with Gasteiger partial charge in [0, 0.05) is 10.7 Å². The van der Waals surface area contributed by atoms with Gasteiger partial charge >= 0.3 is 0 Å². The maximum absolute atomic E-state index is 12.8. The van der Waals surface area contributed by atoms with E-state index < -0.39 is 9.05 Å². The Kier molecular flexibility index (Phi) is 4.67. The smallest absolute Gasteiger partial charge is 0.261 e. The molecular weight excluding hydrogens is 371 g/mol. The van der Waals surface area contributed by atoms with Crippen LogP contribution in [-0.2, 0) is 15.7 Å². The molecule has 0 aliphatic carbocycles. The Balaban J connectivity index is 2.12. The van der Waals surface area contributed by atoms with E-state index in [0.29, 0.717) is 10.2 Å². The van der Waals surface area contributed by atoms with Gasteiger partial charge in [0.1, 0.15) is 18.2 Å². The number of hydrogen-bond donors (Lipinski definition) is 0. The van der Waals surface area contributed by atoms with Crippen LogP contribution in [0.2, 0.25) is 0 Å². The van der Waals surface area contributed by atoms with Crippen LogP contribution in [0.3, 0.4) is 0 Å². The fourth-order valence-corrected chi connectivity index (χ4v) is 2.91. The summed E-state index contributed by atoms with van der Waals surface area (Å²) in [6, 6.07) is 10.1. The summed E-state index contributed by atoms with van der Waals surface area (Å²) in [6.07, 6.45) is 0. The van der Waals surface area contributed by atoms with Crippen LogP contribution in [0, 0.1) is 5.82 Å². The molecule has 2 aromatic rings. The second-order valence-electron chi connectivity index (χ2n) is 3.95. The van der Waals surface area contributed by atoms with E-state index in [1.807, 2.05) is 0 Å². The fraction of sp³-hybridized carbons (Fsp3) is 0.0769. The Labute approximate surface area is 128 Å². The first-order valence-corrected chi connectivity index (χ1v) is 8.58. The van der Waals surface area contributed by atoms with Crippen LogP contribution in [0.1, 0.15) is 5.56 Å². The van der Waals surface area contributed by atoms with E-state index >= 15 is 0 Å². The van der Waals surface area contributed by atoms with E-state index in [0.717, 1.165) is 5.56 Å². The largest absolute Gasteiger partial charge is 0.488 e. The molecule has 0 saturated carbocycles. The summed E-state index contributed by atoms with van der Waals surface area (Å²) in [7, 11) is 1.48. The predicted molar refractivity (Wildman–Crippen MR) is 77.9 cm³/mol. The lowest BCUT2D eigenvalue weighted by Crippen LogP contribution is -1.97. The SMILES string of the molecule is O=S(=O)(Cl)c1ccc(OCc2ccc(F)cc2)c(Br)c1. The predicted octanol–water partition coefficient (Wildman–Crippen LogP) is 4.09. The number of rotatable bonds is 4. The second kappa shape index (κ2) is 6.11. The molecule has 20 heavy (non-hydrogen) atoms. The van der Waals surface area contributed by atoms with Gasteiger partial charge in [0.15, 0.2) is 0 Å². The van der Waals surface area contributed by atoms with Crippen LogP contribution in [-0.4, -0.2) is 8.42 Å². The van der Waals surface area contributed by atoms with Crippen molar-refractivity contribution >= 4 is 35.7 Å². The molecule has 0 N–H and O–H groups in total. The highest BCUT2D eigenvalue weighted by Crippen LogP contribution is 2.29. The maximum atomic E-state index is 12.8. The van der Waals surface area contributed by atoms with Crippen molar-refractivity contribution in [3.05, 3.63) is 58.3 Å². The van der Waals surface area contributed by atoms with Gasteiger partial charge in [0.05, 0.1) is 9.37 Å². The van der Waals surface area contributed by atoms with Crippen molar-refractivity contribution in [1.29, 1.82) is 0 Å². The lowest BCUT2D eigenvalue weighted by atomic mass is 10.2. The minimum absolute atomic E-state index is 0.0137. The van der Waals surface area contributed by atoms with Gasteiger partial charge < -0.3 is 4.74 Å². The van der Waals surface area contributed by atoms with Gasteiger partial charge in [-0.2, -0.15) is 0 Å². The van der Waals surface area contributed by atoms with E-state index in [2.05, 4.69) is 15.9 Å². The average molecular weight is 380 g/mol. The molecule has 0 aromatic heterocycles. The van der Waals surface area contributed by atoms with Gasteiger partial charge in [-0.05, 0) is 51.8 Å². The van der Waals surface area contributed by atoms with Crippen molar-refractivity contribution in [1.82, 2.24) is 0 Å². The Hall–Kier alpha value is -1.11. The maximum Gasteiger partial charge on any atom is 0.261 e. The van der Waals surface area contributed by atoms with Gasteiger partial charge in [0.25, 0.3) is 9.05 Å². The molecule has 7 heteroatoms. The summed E-state index contributed by atoms with van der Waals surface area (Å²) in [4.78, 5) is -0.0137. The van der Waals surface area contributed by atoms with E-state index in [-0.39, 0.29) is 17.3 Å². The zero-order valence-corrected chi connectivity index (χ0v) is 13.2. The molecule has 0 aliphatic heterocycles. The third kappa shape index (κ3) is 3.94. The monoisotopic (exact) mass is 378 g/mol. The van der Waals surface area contributed by atoms with Crippen molar-refractivity contribution < 1.29 is 17.5 Å². The molecule has 0 heterocycles. The summed E-state index contributed by atoms with van der Waals surface area (Å²) in [5, 5.41) is 0. The number of ether oxygens (including phenoxy) is 1. The van der Waals surface area contributed by atoms with Crippen LogP contribution < -0.4 is 4.74 Å². The molecule has 0 atom stereocenters. The molecule has 106 valence electrons. The van der Waals surface area contributed by atoms with E-state index in [1.54, 1.807) is 12.1 Å². The zero-order valence-electron chi connectivity index (χ0n) is 10.0. The molecule has 0 bridgehead atoms. The Bertz CT molecular complexity index is 717. The van der Waals surface area contributed by atoms with Crippen molar-refractivity contribution in [3.8, 4) is 5.75 Å². The summed E-state index contributed by atoms with van der Waals surface area (Å²) in [6.45, 7) is 0.242. The summed E-state index contributed by atoms with van der Waals surface area (Å²) in [5.41, 5.74) is 0.798. The van der Waals surface area contributed by atoms with Crippen molar-refractivity contribution in [3.63, 3.8) is 0 Å². The number of halogens is 3. The summed E-state index contributed by atoms with van der Waals surface area (Å²) in [5.74, 6) is 0.157. The molecule has 3 nitrogen and oxygen atoms in total. The molecule has 0 spiro atoms. The van der Waals surface area contributed by atoms with Gasteiger partial charge in [-0.25, -0.2) is 12.8 Å². The highest BCUT2D eigenvalue weighted by molar-refractivity contribution is 9.10. The van der Waals surface area contributed by atoms with E-state index in [4.69, 9.17) is 15.4 Å². The van der Waals surface area contributed by atoms with E-state index in [1.165, 1.54) is 30.3 Å². The van der Waals surface area contributed by atoms with Gasteiger partial charge in [-0.1, -0.05) is 12.1 Å². The third-order valence-electron chi connectivity index (χ3n) is 2.49. The average Bonchev–Trinajstić information content (AvgIpc) is 2.38. The third-order valence-corrected chi connectivity index (χ3v) is 4.46. The Morgan fingerprint density at radius 1 is 1.15 bits per heavy atom. The molecule has 0 radical (unpaired) electrons. The van der Waals surface area contributed by atoms with Crippen molar-refractivity contribution in [2.45, 2.75) is 11.5 Å². The van der Waals surface area contributed by atoms with E-state index in [9.17, 15) is 12.8 Å². The first-order chi connectivity index (χ1) is 9.36. The highest BCUT2D eigenvalue weighted by atomic mass is 79.9. The van der Waals surface area contributed by atoms with Crippen LogP contribution >= 0.6 is 26.6 Å². The normalized spacial score (nSPS) is 11.3. The van der Waals surface area contributed by atoms with Crippen LogP contribution in [0.4, 0.5) is 4.39 Å². The van der Waals surface area contributed by atoms with Gasteiger partial charge in [-0.15, -0.1) is 0 Å². The van der Waals surface area contributed by atoms with Gasteiger partial charge in [-0.3, -0.25) is 0 Å². The lowest BCUT2D eigenvalue weighted by Gasteiger charge is -2.09. The Morgan fingerprint density at radius 2 is 1.80 bits per heavy atom. The summed E-state index contributed by atoms with van der Waals surface area (Å²) < 4.78 is 41.1. The molecule has 0 saturated heterocycles. The lowest BCUT2D eigenvalue weighted by molar-refractivity contribution is 0.304. The van der Waals surface area contributed by atoms with Gasteiger partial charge in [0.2, 0.25) is 0 Å². The number of hydrogen-bond acceptors (Lipinski definition) is 3. The topological polar surface area (TPSA) is 43.4 Å². The van der Waals surface area contributed by atoms with Crippen molar-refractivity contribution in [2.24, 2.45) is 0 Å². The first kappa shape index (κ1) is 15.3. The molecule has 2 aromatic carbocycles. The second-order valence-corrected chi connectivity index (χ2v) is 7.37. The molecule has 0 amide bonds. The van der Waals surface area contributed by atoms with Crippen LogP contribution in [0.5, 0.6) is 5.75 Å².